The van der Waals surface area contributed by atoms with Gasteiger partial charge in [0.25, 0.3) is 0 Å². The van der Waals surface area contributed by atoms with Crippen LogP contribution in [0.1, 0.15) is 0 Å². The number of aromatic amines is 2. The number of benzene rings is 1. The summed E-state index contributed by atoms with van der Waals surface area (Å²) in [7, 11) is 0. The molecule has 5 heteroatoms. The minimum Gasteiger partial charge on any atom is -0.384 e. The Kier molecular flexibility index (Phi) is 1.91. The number of fused-ring (bicyclic) bond motifs is 1. The molecule has 0 radical (unpaired) electrons. The maximum atomic E-state index is 6.06. The van der Waals surface area contributed by atoms with Crippen molar-refractivity contribution >= 4 is 28.3 Å². The minimum absolute atomic E-state index is 0.561. The Bertz CT molecular complexity index is 653. The van der Waals surface area contributed by atoms with E-state index in [0.29, 0.717) is 10.8 Å². The molecule has 1 aromatic carbocycles. The number of nitrogens with two attached hydrogens (primary N) is 1. The van der Waals surface area contributed by atoms with Crippen molar-refractivity contribution in [1.82, 2.24) is 15.2 Å². The summed E-state index contributed by atoms with van der Waals surface area (Å²) in [6, 6.07) is 5.95. The van der Waals surface area contributed by atoms with E-state index in [9.17, 15) is 0 Å². The SMILES string of the molecule is Nc1[nH]ncc1-c1ccc2[nH]cc(Cl)c2c1. The standard InChI is InChI=1S/C11H9ClN4/c12-9-5-14-10-2-1-6(3-7(9)10)8-4-15-16-11(8)13/h1-5,14H,(H3,13,15,16). The number of aromatic nitrogens is 3. The number of nitrogen functional groups attached to an aromatic ring is 1. The van der Waals surface area contributed by atoms with E-state index in [2.05, 4.69) is 15.2 Å². The van der Waals surface area contributed by atoms with Crippen molar-refractivity contribution in [3.8, 4) is 11.1 Å². The van der Waals surface area contributed by atoms with Gasteiger partial charge in [-0.3, -0.25) is 5.10 Å². The third-order valence-electron chi connectivity index (χ3n) is 2.61. The fourth-order valence-corrected chi connectivity index (χ4v) is 1.99. The van der Waals surface area contributed by atoms with Crippen molar-refractivity contribution in [2.45, 2.75) is 0 Å². The van der Waals surface area contributed by atoms with Crippen molar-refractivity contribution in [1.29, 1.82) is 0 Å². The second-order valence-corrected chi connectivity index (χ2v) is 4.00. The average Bonchev–Trinajstić information content (AvgIpc) is 2.86. The molecule has 2 heterocycles. The second kappa shape index (κ2) is 3.28. The van der Waals surface area contributed by atoms with Crippen molar-refractivity contribution in [2.24, 2.45) is 0 Å². The summed E-state index contributed by atoms with van der Waals surface area (Å²) >= 11 is 6.06. The van der Waals surface area contributed by atoms with E-state index < -0.39 is 0 Å². The van der Waals surface area contributed by atoms with E-state index >= 15 is 0 Å². The van der Waals surface area contributed by atoms with Crippen molar-refractivity contribution in [2.75, 3.05) is 5.73 Å². The lowest BCUT2D eigenvalue weighted by Crippen LogP contribution is -1.87. The topological polar surface area (TPSA) is 70.5 Å². The summed E-state index contributed by atoms with van der Waals surface area (Å²) in [5.74, 6) is 0.561. The van der Waals surface area contributed by atoms with Gasteiger partial charge in [0.2, 0.25) is 0 Å². The van der Waals surface area contributed by atoms with Crippen LogP contribution in [-0.2, 0) is 0 Å². The van der Waals surface area contributed by atoms with Gasteiger partial charge in [-0.15, -0.1) is 0 Å². The maximum Gasteiger partial charge on any atom is 0.126 e. The molecular weight excluding hydrogens is 224 g/mol. The van der Waals surface area contributed by atoms with E-state index in [0.717, 1.165) is 22.0 Å². The van der Waals surface area contributed by atoms with Crippen LogP contribution in [0.3, 0.4) is 0 Å². The van der Waals surface area contributed by atoms with Crippen LogP contribution in [0.4, 0.5) is 5.82 Å². The van der Waals surface area contributed by atoms with Gasteiger partial charge >= 0.3 is 0 Å². The molecule has 16 heavy (non-hydrogen) atoms. The first-order valence-corrected chi connectivity index (χ1v) is 5.19. The Morgan fingerprint density at radius 1 is 1.31 bits per heavy atom. The molecule has 0 saturated heterocycles. The number of anilines is 1. The molecule has 0 aliphatic rings. The van der Waals surface area contributed by atoms with Gasteiger partial charge in [-0.2, -0.15) is 5.10 Å². The number of hydrogen-bond donors (Lipinski definition) is 3. The second-order valence-electron chi connectivity index (χ2n) is 3.59. The lowest BCUT2D eigenvalue weighted by molar-refractivity contribution is 1.10. The van der Waals surface area contributed by atoms with Crippen molar-refractivity contribution in [3.63, 3.8) is 0 Å². The molecule has 0 aliphatic carbocycles. The van der Waals surface area contributed by atoms with E-state index in [1.54, 1.807) is 12.4 Å². The number of hydrogen-bond acceptors (Lipinski definition) is 2. The van der Waals surface area contributed by atoms with Crippen LogP contribution >= 0.6 is 11.6 Å². The Balaban J connectivity index is 2.25. The van der Waals surface area contributed by atoms with Crippen LogP contribution in [0.2, 0.25) is 5.02 Å². The highest BCUT2D eigenvalue weighted by Gasteiger charge is 2.07. The molecule has 0 amide bonds. The molecule has 0 unspecified atom stereocenters. The minimum atomic E-state index is 0.561. The fourth-order valence-electron chi connectivity index (χ4n) is 1.78. The first-order valence-electron chi connectivity index (χ1n) is 4.81. The summed E-state index contributed by atoms with van der Waals surface area (Å²) < 4.78 is 0. The lowest BCUT2D eigenvalue weighted by atomic mass is 10.1. The molecular formula is C11H9ClN4. The first-order chi connectivity index (χ1) is 7.75. The molecule has 0 atom stereocenters. The highest BCUT2D eigenvalue weighted by Crippen LogP contribution is 2.30. The Hall–Kier alpha value is -1.94. The maximum absolute atomic E-state index is 6.06. The van der Waals surface area contributed by atoms with Gasteiger partial charge in [0, 0.05) is 22.7 Å². The van der Waals surface area contributed by atoms with Crippen LogP contribution in [0.25, 0.3) is 22.0 Å². The molecule has 4 nitrogen and oxygen atoms in total. The zero-order chi connectivity index (χ0) is 11.1. The number of nitrogens with zero attached hydrogens (tertiary/aromatic N) is 1. The van der Waals surface area contributed by atoms with Gasteiger partial charge in [0.1, 0.15) is 5.82 Å². The number of H-pyrrole nitrogens is 2. The van der Waals surface area contributed by atoms with Gasteiger partial charge in [0.15, 0.2) is 0 Å². The molecule has 0 spiro atoms. The zero-order valence-corrected chi connectivity index (χ0v) is 9.05. The number of nitrogens with one attached hydrogen (secondary N) is 2. The van der Waals surface area contributed by atoms with Gasteiger partial charge in [0.05, 0.1) is 11.2 Å². The summed E-state index contributed by atoms with van der Waals surface area (Å²) in [6.45, 7) is 0. The smallest absolute Gasteiger partial charge is 0.126 e. The van der Waals surface area contributed by atoms with Crippen LogP contribution in [-0.4, -0.2) is 15.2 Å². The normalized spacial score (nSPS) is 11.1. The summed E-state index contributed by atoms with van der Waals surface area (Å²) in [6.07, 6.45) is 3.48. The zero-order valence-electron chi connectivity index (χ0n) is 8.29. The number of halogens is 1. The Morgan fingerprint density at radius 3 is 2.94 bits per heavy atom. The van der Waals surface area contributed by atoms with Crippen molar-refractivity contribution < 1.29 is 0 Å². The summed E-state index contributed by atoms with van der Waals surface area (Å²) in [5, 5.41) is 8.30. The predicted octanol–water partition coefficient (Wildman–Crippen LogP) is 2.79. The highest BCUT2D eigenvalue weighted by atomic mass is 35.5. The van der Waals surface area contributed by atoms with Crippen LogP contribution in [0, 0.1) is 0 Å². The molecule has 2 aromatic heterocycles. The third-order valence-corrected chi connectivity index (χ3v) is 2.92. The molecule has 0 bridgehead atoms. The fraction of sp³-hybridized carbons (Fsp3) is 0. The van der Waals surface area contributed by atoms with E-state index in [1.165, 1.54) is 0 Å². The molecule has 0 fully saturated rings. The number of rotatable bonds is 1. The molecule has 4 N–H and O–H groups in total. The monoisotopic (exact) mass is 232 g/mol. The Morgan fingerprint density at radius 2 is 2.19 bits per heavy atom. The lowest BCUT2D eigenvalue weighted by Gasteiger charge is -1.99. The molecule has 3 aromatic rings. The summed E-state index contributed by atoms with van der Waals surface area (Å²) in [5.41, 5.74) is 8.67. The van der Waals surface area contributed by atoms with E-state index in [4.69, 9.17) is 17.3 Å². The third kappa shape index (κ3) is 1.27. The average molecular weight is 233 g/mol. The van der Waals surface area contributed by atoms with E-state index in [1.807, 2.05) is 18.2 Å². The van der Waals surface area contributed by atoms with Crippen molar-refractivity contribution in [3.05, 3.63) is 35.6 Å². The van der Waals surface area contributed by atoms with Crippen LogP contribution in [0.15, 0.2) is 30.6 Å². The van der Waals surface area contributed by atoms with Gasteiger partial charge in [-0.25, -0.2) is 0 Å². The predicted molar refractivity (Wildman–Crippen MR) is 65.3 cm³/mol. The van der Waals surface area contributed by atoms with Gasteiger partial charge < -0.3 is 10.7 Å². The highest BCUT2D eigenvalue weighted by molar-refractivity contribution is 6.35. The molecule has 0 aliphatic heterocycles. The quantitative estimate of drug-likeness (QED) is 0.604. The van der Waals surface area contributed by atoms with E-state index in [-0.39, 0.29) is 0 Å². The first kappa shape index (κ1) is 9.30. The largest absolute Gasteiger partial charge is 0.384 e. The van der Waals surface area contributed by atoms with Crippen LogP contribution in [0.5, 0.6) is 0 Å². The Labute approximate surface area is 96.4 Å². The molecule has 3 rings (SSSR count). The van der Waals surface area contributed by atoms with Crippen LogP contribution < -0.4 is 5.73 Å². The summed E-state index contributed by atoms with van der Waals surface area (Å²) in [4.78, 5) is 3.09. The van der Waals surface area contributed by atoms with Gasteiger partial charge in [-0.1, -0.05) is 17.7 Å². The van der Waals surface area contributed by atoms with Gasteiger partial charge in [-0.05, 0) is 17.7 Å². The molecule has 0 saturated carbocycles. The molecule has 80 valence electrons.